The molecule has 1 aromatic heterocycles. The van der Waals surface area contributed by atoms with E-state index in [1.165, 1.54) is 11.3 Å². The van der Waals surface area contributed by atoms with E-state index in [9.17, 15) is 9.59 Å². The molecule has 0 radical (unpaired) electrons. The first-order chi connectivity index (χ1) is 22.8. The Morgan fingerprint density at radius 1 is 1.00 bits per heavy atom. The fourth-order valence-electron chi connectivity index (χ4n) is 5.21. The van der Waals surface area contributed by atoms with Crippen LogP contribution in [-0.4, -0.2) is 24.3 Å². The monoisotopic (exact) mass is 748 g/mol. The minimum Gasteiger partial charge on any atom is -0.497 e. The highest BCUT2D eigenvalue weighted by Gasteiger charge is 2.35. The first kappa shape index (κ1) is 32.8. The van der Waals surface area contributed by atoms with Crippen molar-refractivity contribution in [2.75, 3.05) is 13.7 Å². The molecule has 1 aliphatic heterocycles. The Morgan fingerprint density at radius 3 is 2.45 bits per heavy atom. The number of carbonyl (C=O) groups is 1. The first-order valence-corrected chi connectivity index (χ1v) is 16.9. The van der Waals surface area contributed by atoms with E-state index < -0.39 is 12.0 Å². The summed E-state index contributed by atoms with van der Waals surface area (Å²) in [5, 5.41) is 0.943. The summed E-state index contributed by atoms with van der Waals surface area (Å²) in [4.78, 5) is 33.2. The Balaban J connectivity index is 1.44. The molecule has 0 saturated heterocycles. The number of fused-ring (bicyclic) bond motifs is 1. The molecule has 11 heteroatoms. The summed E-state index contributed by atoms with van der Waals surface area (Å²) in [6.45, 7) is 2.22. The molecule has 1 atom stereocenters. The molecule has 4 aromatic carbocycles. The number of hydrogen-bond donors (Lipinski definition) is 0. The van der Waals surface area contributed by atoms with Crippen LogP contribution in [0.2, 0.25) is 10.0 Å². The van der Waals surface area contributed by atoms with Crippen LogP contribution in [0.3, 0.4) is 0 Å². The Hall–Kier alpha value is -4.15. The van der Waals surface area contributed by atoms with Crippen LogP contribution in [0.15, 0.2) is 111 Å². The molecule has 0 saturated carbocycles. The highest BCUT2D eigenvalue weighted by atomic mass is 79.9. The maximum atomic E-state index is 14.2. The third-order valence-corrected chi connectivity index (χ3v) is 9.78. The van der Waals surface area contributed by atoms with E-state index in [-0.39, 0.29) is 17.7 Å². The summed E-state index contributed by atoms with van der Waals surface area (Å²) in [7, 11) is 1.59. The van der Waals surface area contributed by atoms with Crippen LogP contribution in [0.1, 0.15) is 35.2 Å². The number of halogens is 3. The Bertz CT molecular complexity index is 2180. The van der Waals surface area contributed by atoms with Crippen LogP contribution in [0.5, 0.6) is 11.5 Å². The molecule has 47 heavy (non-hydrogen) atoms. The predicted molar refractivity (Wildman–Crippen MR) is 189 cm³/mol. The number of nitrogens with zero attached hydrogens (tertiary/aromatic N) is 2. The zero-order chi connectivity index (χ0) is 33.1. The van der Waals surface area contributed by atoms with Gasteiger partial charge in [-0.3, -0.25) is 9.36 Å². The van der Waals surface area contributed by atoms with E-state index >= 15 is 0 Å². The van der Waals surface area contributed by atoms with Crippen LogP contribution in [-0.2, 0) is 16.1 Å². The van der Waals surface area contributed by atoms with Crippen molar-refractivity contribution < 1.29 is 19.0 Å². The van der Waals surface area contributed by atoms with Crippen molar-refractivity contribution in [3.8, 4) is 11.5 Å². The van der Waals surface area contributed by atoms with Gasteiger partial charge in [0.25, 0.3) is 5.56 Å². The molecule has 5 aromatic rings. The zero-order valence-electron chi connectivity index (χ0n) is 25.2. The van der Waals surface area contributed by atoms with Crippen molar-refractivity contribution >= 4 is 68.2 Å². The fraction of sp³-hybridized carbons (Fsp3) is 0.139. The van der Waals surface area contributed by atoms with Crippen molar-refractivity contribution in [3.05, 3.63) is 153 Å². The zero-order valence-corrected chi connectivity index (χ0v) is 29.1. The minimum atomic E-state index is -0.780. The van der Waals surface area contributed by atoms with Crippen LogP contribution >= 0.6 is 50.5 Å². The summed E-state index contributed by atoms with van der Waals surface area (Å²) >= 11 is 17.0. The molecular weight excluding hydrogens is 723 g/mol. The number of methoxy groups -OCH3 is 1. The van der Waals surface area contributed by atoms with Crippen LogP contribution < -0.4 is 24.4 Å². The lowest BCUT2D eigenvalue weighted by Crippen LogP contribution is -2.40. The molecular formula is C36H27BrCl2N2O5S. The van der Waals surface area contributed by atoms with E-state index in [1.54, 1.807) is 48.9 Å². The summed E-state index contributed by atoms with van der Waals surface area (Å²) in [5.74, 6) is 0.743. The minimum absolute atomic E-state index is 0.173. The highest BCUT2D eigenvalue weighted by molar-refractivity contribution is 9.10. The molecule has 0 bridgehead atoms. The Kier molecular flexibility index (Phi) is 9.98. The second-order valence-corrected chi connectivity index (χ2v) is 13.1. The van der Waals surface area contributed by atoms with E-state index in [0.29, 0.717) is 47.7 Å². The number of benzene rings is 4. The van der Waals surface area contributed by atoms with Gasteiger partial charge in [-0.05, 0) is 82.0 Å². The SMILES string of the molecule is CCOC(=O)C1=C(c2ccccc2)N=c2s/c(=C\c3ccc(OCc4ccc(Cl)c(Cl)c4)c(Br)c3)c(=O)n2[C@@H]1c1ccc(OC)cc1. The number of carbonyl (C=O) groups excluding carboxylic acids is 1. The van der Waals surface area contributed by atoms with E-state index in [1.807, 2.05) is 66.7 Å². The average molecular weight is 750 g/mol. The summed E-state index contributed by atoms with van der Waals surface area (Å²) < 4.78 is 19.7. The number of aromatic nitrogens is 1. The lowest BCUT2D eigenvalue weighted by molar-refractivity contribution is -0.138. The van der Waals surface area contributed by atoms with E-state index in [4.69, 9.17) is 42.4 Å². The number of ether oxygens (including phenoxy) is 3. The third-order valence-electron chi connectivity index (χ3n) is 7.44. The molecule has 6 rings (SSSR count). The maximum absolute atomic E-state index is 14.2. The number of hydrogen-bond acceptors (Lipinski definition) is 7. The van der Waals surface area contributed by atoms with Crippen molar-refractivity contribution in [1.82, 2.24) is 4.57 Å². The average Bonchev–Trinajstić information content (AvgIpc) is 3.39. The molecule has 238 valence electrons. The van der Waals surface area contributed by atoms with Gasteiger partial charge in [-0.1, -0.05) is 89.1 Å². The Labute approximate surface area is 293 Å². The largest absolute Gasteiger partial charge is 0.497 e. The highest BCUT2D eigenvalue weighted by Crippen LogP contribution is 2.36. The molecule has 0 N–H and O–H groups in total. The van der Waals surface area contributed by atoms with E-state index in [2.05, 4.69) is 15.9 Å². The molecule has 0 unspecified atom stereocenters. The summed E-state index contributed by atoms with van der Waals surface area (Å²) in [6.07, 6.45) is 1.80. The number of thiazole rings is 1. The van der Waals surface area contributed by atoms with Gasteiger partial charge in [-0.15, -0.1) is 0 Å². The van der Waals surface area contributed by atoms with Gasteiger partial charge in [0, 0.05) is 5.56 Å². The van der Waals surface area contributed by atoms with Gasteiger partial charge in [0.1, 0.15) is 18.1 Å². The van der Waals surface area contributed by atoms with Crippen LogP contribution in [0, 0.1) is 0 Å². The molecule has 0 amide bonds. The molecule has 0 fully saturated rings. The van der Waals surface area contributed by atoms with Gasteiger partial charge in [0.2, 0.25) is 0 Å². The molecule has 0 spiro atoms. The maximum Gasteiger partial charge on any atom is 0.338 e. The Morgan fingerprint density at radius 2 is 1.77 bits per heavy atom. The standard InChI is InChI=1S/C36H27BrCl2N2O5S/c1-3-45-35(43)31-32(23-7-5-4-6-8-23)40-36-41(33(31)24-11-13-25(44-2)14-12-24)34(42)30(47-36)19-21-10-16-29(26(37)17-21)46-20-22-9-15-27(38)28(39)18-22/h4-19,33H,3,20H2,1-2H3/b30-19-/t33-/m1/s1. The van der Waals surface area contributed by atoms with Gasteiger partial charge in [-0.2, -0.15) is 0 Å². The smallest absolute Gasteiger partial charge is 0.338 e. The number of rotatable bonds is 9. The predicted octanol–water partition coefficient (Wildman–Crippen LogP) is 7.59. The van der Waals surface area contributed by atoms with E-state index in [0.717, 1.165) is 22.3 Å². The molecule has 2 heterocycles. The van der Waals surface area contributed by atoms with Crippen molar-refractivity contribution in [3.63, 3.8) is 0 Å². The third kappa shape index (κ3) is 6.94. The molecule has 0 aliphatic carbocycles. The van der Waals surface area contributed by atoms with Crippen molar-refractivity contribution in [1.29, 1.82) is 0 Å². The lowest BCUT2D eigenvalue weighted by Gasteiger charge is -2.26. The summed E-state index contributed by atoms with van der Waals surface area (Å²) in [5.41, 5.74) is 3.58. The molecule has 7 nitrogen and oxygen atoms in total. The lowest BCUT2D eigenvalue weighted by atomic mass is 9.93. The molecule has 1 aliphatic rings. The normalized spacial score (nSPS) is 14.4. The summed E-state index contributed by atoms with van der Waals surface area (Å²) in [6, 6.07) is 26.9. The second kappa shape index (κ2) is 14.3. The van der Waals surface area contributed by atoms with Crippen molar-refractivity contribution in [2.45, 2.75) is 19.6 Å². The van der Waals surface area contributed by atoms with Gasteiger partial charge < -0.3 is 14.2 Å². The second-order valence-electron chi connectivity index (χ2n) is 10.4. The van der Waals surface area contributed by atoms with Crippen molar-refractivity contribution in [2.24, 2.45) is 4.99 Å². The number of esters is 1. The van der Waals surface area contributed by atoms with Crippen LogP contribution in [0.25, 0.3) is 11.8 Å². The first-order valence-electron chi connectivity index (χ1n) is 14.6. The van der Waals surface area contributed by atoms with Gasteiger partial charge in [-0.25, -0.2) is 9.79 Å². The topological polar surface area (TPSA) is 79.1 Å². The van der Waals surface area contributed by atoms with Crippen LogP contribution in [0.4, 0.5) is 0 Å². The quantitative estimate of drug-likeness (QED) is 0.145. The van der Waals surface area contributed by atoms with Gasteiger partial charge in [0.05, 0.1) is 50.1 Å². The fourth-order valence-corrected chi connectivity index (χ4v) is 7.04. The van der Waals surface area contributed by atoms with Gasteiger partial charge >= 0.3 is 5.97 Å². The van der Waals surface area contributed by atoms with Gasteiger partial charge in [0.15, 0.2) is 4.80 Å².